The highest BCUT2D eigenvalue weighted by Crippen LogP contribution is 2.30. The molecule has 1 aromatic rings. The first-order valence-corrected chi connectivity index (χ1v) is 8.84. The van der Waals surface area contributed by atoms with E-state index >= 15 is 0 Å². The largest absolute Gasteiger partial charge is 0.315 e. The van der Waals surface area contributed by atoms with Gasteiger partial charge in [-0.3, -0.25) is 4.90 Å². The standard InChI is InChI=1S/C16H30N4S/c1-12(2)9-13-15(10-17-3)21-16(18-13)14-11-19(4)7-6-8-20(14)5/h12,14,17H,6-11H2,1-5H3. The Bertz CT molecular complexity index is 443. The van der Waals surface area contributed by atoms with Gasteiger partial charge in [-0.2, -0.15) is 0 Å². The molecule has 120 valence electrons. The van der Waals surface area contributed by atoms with Crippen molar-refractivity contribution in [2.24, 2.45) is 5.92 Å². The highest BCUT2D eigenvalue weighted by molar-refractivity contribution is 7.11. The minimum Gasteiger partial charge on any atom is -0.315 e. The molecule has 0 aromatic carbocycles. The lowest BCUT2D eigenvalue weighted by Gasteiger charge is -2.25. The first-order valence-electron chi connectivity index (χ1n) is 8.03. The summed E-state index contributed by atoms with van der Waals surface area (Å²) in [5, 5.41) is 4.59. The molecular weight excluding hydrogens is 280 g/mol. The lowest BCUT2D eigenvalue weighted by atomic mass is 10.1. The topological polar surface area (TPSA) is 31.4 Å². The van der Waals surface area contributed by atoms with Crippen molar-refractivity contribution in [2.75, 3.05) is 40.8 Å². The highest BCUT2D eigenvalue weighted by atomic mass is 32.1. The first kappa shape index (κ1) is 16.9. The zero-order chi connectivity index (χ0) is 15.4. The van der Waals surface area contributed by atoms with E-state index in [1.165, 1.54) is 28.5 Å². The van der Waals surface area contributed by atoms with Gasteiger partial charge in [0.2, 0.25) is 0 Å². The van der Waals surface area contributed by atoms with Crippen LogP contribution in [0.5, 0.6) is 0 Å². The third-order valence-corrected chi connectivity index (χ3v) is 5.28. The second-order valence-electron chi connectivity index (χ2n) is 6.66. The Hall–Kier alpha value is -0.490. The molecule has 4 nitrogen and oxygen atoms in total. The summed E-state index contributed by atoms with van der Waals surface area (Å²) in [6.07, 6.45) is 2.33. The van der Waals surface area contributed by atoms with Crippen LogP contribution in [0.15, 0.2) is 0 Å². The van der Waals surface area contributed by atoms with E-state index in [1.807, 2.05) is 18.4 Å². The van der Waals surface area contributed by atoms with Gasteiger partial charge in [-0.15, -0.1) is 11.3 Å². The molecule has 0 bridgehead atoms. The molecule has 0 saturated carbocycles. The van der Waals surface area contributed by atoms with Crippen LogP contribution in [0.25, 0.3) is 0 Å². The average molecular weight is 311 g/mol. The Morgan fingerprint density at radius 3 is 2.76 bits per heavy atom. The highest BCUT2D eigenvalue weighted by Gasteiger charge is 2.26. The van der Waals surface area contributed by atoms with Gasteiger partial charge < -0.3 is 10.2 Å². The molecule has 1 saturated heterocycles. The summed E-state index contributed by atoms with van der Waals surface area (Å²) in [6.45, 7) is 8.92. The normalized spacial score (nSPS) is 21.9. The smallest absolute Gasteiger partial charge is 0.112 e. The summed E-state index contributed by atoms with van der Waals surface area (Å²) in [4.78, 5) is 11.4. The number of hydrogen-bond acceptors (Lipinski definition) is 5. The minimum absolute atomic E-state index is 0.444. The minimum atomic E-state index is 0.444. The van der Waals surface area contributed by atoms with Crippen LogP contribution < -0.4 is 5.32 Å². The van der Waals surface area contributed by atoms with Gasteiger partial charge in [0.05, 0.1) is 11.7 Å². The molecule has 1 N–H and O–H groups in total. The van der Waals surface area contributed by atoms with Crippen LogP contribution in [0.4, 0.5) is 0 Å². The van der Waals surface area contributed by atoms with Crippen LogP contribution in [0.2, 0.25) is 0 Å². The Morgan fingerprint density at radius 2 is 2.10 bits per heavy atom. The SMILES string of the molecule is CNCc1sc(C2CN(C)CCCN2C)nc1CC(C)C. The van der Waals surface area contributed by atoms with Crippen molar-refractivity contribution in [3.63, 3.8) is 0 Å². The molecule has 21 heavy (non-hydrogen) atoms. The van der Waals surface area contributed by atoms with Crippen LogP contribution in [0.1, 0.15) is 41.9 Å². The Morgan fingerprint density at radius 1 is 1.33 bits per heavy atom. The molecule has 1 aliphatic heterocycles. The summed E-state index contributed by atoms with van der Waals surface area (Å²) in [5.74, 6) is 0.657. The number of aromatic nitrogens is 1. The fourth-order valence-electron chi connectivity index (χ4n) is 2.93. The van der Waals surface area contributed by atoms with Gasteiger partial charge in [0, 0.05) is 18.0 Å². The zero-order valence-corrected chi connectivity index (χ0v) is 15.0. The predicted molar refractivity (Wildman–Crippen MR) is 90.9 cm³/mol. The fraction of sp³-hybridized carbons (Fsp3) is 0.812. The Labute approximate surface area is 133 Å². The van der Waals surface area contributed by atoms with Gasteiger partial charge in [-0.25, -0.2) is 4.98 Å². The van der Waals surface area contributed by atoms with Gasteiger partial charge in [-0.1, -0.05) is 13.8 Å². The van der Waals surface area contributed by atoms with Crippen molar-refractivity contribution >= 4 is 11.3 Å². The van der Waals surface area contributed by atoms with E-state index in [4.69, 9.17) is 4.98 Å². The van der Waals surface area contributed by atoms with Crippen molar-refractivity contribution < 1.29 is 0 Å². The average Bonchev–Trinajstić information content (AvgIpc) is 2.69. The fourth-order valence-corrected chi connectivity index (χ4v) is 4.19. The van der Waals surface area contributed by atoms with Gasteiger partial charge in [-0.05, 0) is 53.0 Å². The van der Waals surface area contributed by atoms with Gasteiger partial charge in [0.15, 0.2) is 0 Å². The molecule has 1 aromatic heterocycles. The van der Waals surface area contributed by atoms with Gasteiger partial charge >= 0.3 is 0 Å². The van der Waals surface area contributed by atoms with Crippen LogP contribution in [0.3, 0.4) is 0 Å². The molecule has 2 heterocycles. The van der Waals surface area contributed by atoms with E-state index < -0.39 is 0 Å². The molecule has 1 fully saturated rings. The Balaban J connectivity index is 2.24. The number of hydrogen-bond donors (Lipinski definition) is 1. The predicted octanol–water partition coefficient (Wildman–Crippen LogP) is 2.37. The van der Waals surface area contributed by atoms with E-state index in [1.54, 1.807) is 0 Å². The maximum Gasteiger partial charge on any atom is 0.112 e. The van der Waals surface area contributed by atoms with Crippen molar-refractivity contribution in [3.8, 4) is 0 Å². The zero-order valence-electron chi connectivity index (χ0n) is 14.1. The third-order valence-electron chi connectivity index (χ3n) is 4.09. The van der Waals surface area contributed by atoms with Crippen LogP contribution >= 0.6 is 11.3 Å². The molecule has 1 unspecified atom stereocenters. The lowest BCUT2D eigenvalue weighted by molar-refractivity contribution is 0.228. The van der Waals surface area contributed by atoms with Crippen molar-refractivity contribution in [1.82, 2.24) is 20.1 Å². The summed E-state index contributed by atoms with van der Waals surface area (Å²) in [5.41, 5.74) is 1.31. The van der Waals surface area contributed by atoms with Crippen LogP contribution in [-0.2, 0) is 13.0 Å². The lowest BCUT2D eigenvalue weighted by Crippen LogP contribution is -2.30. The van der Waals surface area contributed by atoms with E-state index in [-0.39, 0.29) is 0 Å². The number of thiazole rings is 1. The molecule has 5 heteroatoms. The van der Waals surface area contributed by atoms with E-state index in [2.05, 4.69) is 43.1 Å². The summed E-state index contributed by atoms with van der Waals surface area (Å²) in [6, 6.07) is 0.444. The van der Waals surface area contributed by atoms with E-state index in [9.17, 15) is 0 Å². The van der Waals surface area contributed by atoms with Crippen molar-refractivity contribution in [3.05, 3.63) is 15.6 Å². The first-order chi connectivity index (χ1) is 10.0. The molecule has 0 radical (unpaired) electrons. The molecule has 0 spiro atoms. The van der Waals surface area contributed by atoms with E-state index in [0.29, 0.717) is 12.0 Å². The summed E-state index contributed by atoms with van der Waals surface area (Å²) >= 11 is 1.91. The monoisotopic (exact) mass is 310 g/mol. The van der Waals surface area contributed by atoms with Gasteiger partial charge in [0.1, 0.15) is 5.01 Å². The second kappa shape index (κ2) is 7.68. The number of nitrogens with one attached hydrogen (secondary N) is 1. The van der Waals surface area contributed by atoms with Crippen molar-refractivity contribution in [2.45, 2.75) is 39.3 Å². The second-order valence-corrected chi connectivity index (χ2v) is 7.78. The molecule has 1 atom stereocenters. The number of likely N-dealkylation sites (N-methyl/N-ethyl adjacent to an activating group) is 2. The third kappa shape index (κ3) is 4.49. The Kier molecular flexibility index (Phi) is 6.17. The number of rotatable bonds is 5. The summed E-state index contributed by atoms with van der Waals surface area (Å²) in [7, 11) is 6.48. The van der Waals surface area contributed by atoms with Crippen molar-refractivity contribution in [1.29, 1.82) is 0 Å². The summed E-state index contributed by atoms with van der Waals surface area (Å²) < 4.78 is 0. The van der Waals surface area contributed by atoms with E-state index in [0.717, 1.165) is 26.1 Å². The van der Waals surface area contributed by atoms with Gasteiger partial charge in [0.25, 0.3) is 0 Å². The maximum absolute atomic E-state index is 5.03. The quantitative estimate of drug-likeness (QED) is 0.905. The maximum atomic E-state index is 5.03. The van der Waals surface area contributed by atoms with Crippen LogP contribution in [-0.4, -0.2) is 55.6 Å². The van der Waals surface area contributed by atoms with Crippen LogP contribution in [0, 0.1) is 5.92 Å². The molecule has 1 aliphatic rings. The molecule has 0 amide bonds. The molecule has 0 aliphatic carbocycles. The molecular formula is C16H30N4S. The molecule has 2 rings (SSSR count). The number of nitrogens with zero attached hydrogens (tertiary/aromatic N) is 3.